The number of carbonyl (C=O) groups excluding carboxylic acids is 3. The highest BCUT2D eigenvalue weighted by Gasteiger charge is 2.39. The van der Waals surface area contributed by atoms with Gasteiger partial charge in [0.15, 0.2) is 0 Å². The first kappa shape index (κ1) is 17.7. The number of anilines is 1. The van der Waals surface area contributed by atoms with Crippen LogP contribution < -0.4 is 10.0 Å². The standard InChI is InChI=1S/C17H15N3O5S2/c21-14-6-5-13(16(22)18-14)20-9-10-8-11(3-4-12(10)17(20)23)19-27(24,25)15-2-1-7-26-15/h1-4,7-8,13,19H,5-6,9H2,(H,18,21,22). The number of sulfonamides is 1. The highest BCUT2D eigenvalue weighted by Crippen LogP contribution is 2.30. The molecular formula is C17H15N3O5S2. The molecule has 140 valence electrons. The first-order chi connectivity index (χ1) is 12.8. The molecule has 1 unspecified atom stereocenters. The Morgan fingerprint density at radius 2 is 2.00 bits per heavy atom. The number of thiophene rings is 1. The van der Waals surface area contributed by atoms with E-state index in [4.69, 9.17) is 0 Å². The monoisotopic (exact) mass is 405 g/mol. The second-order valence-electron chi connectivity index (χ2n) is 6.31. The molecule has 3 amide bonds. The average molecular weight is 405 g/mol. The van der Waals surface area contributed by atoms with Gasteiger partial charge in [-0.25, -0.2) is 8.42 Å². The van der Waals surface area contributed by atoms with Crippen molar-refractivity contribution < 1.29 is 22.8 Å². The maximum atomic E-state index is 12.6. The van der Waals surface area contributed by atoms with Gasteiger partial charge in [0.1, 0.15) is 10.3 Å². The molecule has 8 nitrogen and oxygen atoms in total. The summed E-state index contributed by atoms with van der Waals surface area (Å²) in [6, 6.07) is 7.14. The molecule has 1 saturated heterocycles. The average Bonchev–Trinajstić information content (AvgIpc) is 3.24. The minimum absolute atomic E-state index is 0.183. The van der Waals surface area contributed by atoms with Gasteiger partial charge in [-0.2, -0.15) is 0 Å². The van der Waals surface area contributed by atoms with Gasteiger partial charge in [-0.05, 0) is 41.6 Å². The molecule has 2 aliphatic heterocycles. The Morgan fingerprint density at radius 1 is 1.19 bits per heavy atom. The van der Waals surface area contributed by atoms with E-state index in [1.807, 2.05) is 0 Å². The van der Waals surface area contributed by atoms with Crippen molar-refractivity contribution >= 4 is 44.8 Å². The summed E-state index contributed by atoms with van der Waals surface area (Å²) < 4.78 is 27.4. The van der Waals surface area contributed by atoms with Gasteiger partial charge in [0.25, 0.3) is 15.9 Å². The predicted molar refractivity (Wildman–Crippen MR) is 97.6 cm³/mol. The molecule has 1 aromatic carbocycles. The van der Waals surface area contributed by atoms with Gasteiger partial charge in [0, 0.05) is 24.2 Å². The second-order valence-corrected chi connectivity index (χ2v) is 9.17. The SMILES string of the molecule is O=C1CCC(N2Cc3cc(NS(=O)(=O)c4cccs4)ccc3C2=O)C(=O)N1. The van der Waals surface area contributed by atoms with E-state index in [9.17, 15) is 22.8 Å². The van der Waals surface area contributed by atoms with Crippen molar-refractivity contribution in [3.63, 3.8) is 0 Å². The Labute approximate surface area is 159 Å². The summed E-state index contributed by atoms with van der Waals surface area (Å²) in [5.74, 6) is -1.12. The van der Waals surface area contributed by atoms with Gasteiger partial charge < -0.3 is 4.90 Å². The minimum Gasteiger partial charge on any atom is -0.322 e. The maximum absolute atomic E-state index is 12.6. The van der Waals surface area contributed by atoms with Crippen LogP contribution in [0.15, 0.2) is 39.9 Å². The molecule has 4 rings (SSSR count). The zero-order valence-corrected chi connectivity index (χ0v) is 15.6. The second kappa shape index (κ2) is 6.46. The van der Waals surface area contributed by atoms with Crippen molar-refractivity contribution in [1.29, 1.82) is 0 Å². The van der Waals surface area contributed by atoms with Crippen molar-refractivity contribution in [3.05, 3.63) is 46.8 Å². The number of amides is 3. The molecule has 0 spiro atoms. The van der Waals surface area contributed by atoms with Crippen LogP contribution in [0.1, 0.15) is 28.8 Å². The van der Waals surface area contributed by atoms with Gasteiger partial charge in [-0.1, -0.05) is 6.07 Å². The quantitative estimate of drug-likeness (QED) is 0.745. The first-order valence-electron chi connectivity index (χ1n) is 8.19. The summed E-state index contributed by atoms with van der Waals surface area (Å²) in [5.41, 5.74) is 1.41. The van der Waals surface area contributed by atoms with Crippen molar-refractivity contribution in [2.75, 3.05) is 4.72 Å². The number of imide groups is 1. The van der Waals surface area contributed by atoms with Crippen molar-refractivity contribution in [1.82, 2.24) is 10.2 Å². The molecule has 0 saturated carbocycles. The summed E-state index contributed by atoms with van der Waals surface area (Å²) >= 11 is 1.11. The molecule has 3 heterocycles. The fraction of sp³-hybridized carbons (Fsp3) is 0.235. The van der Waals surface area contributed by atoms with Crippen LogP contribution in [0.4, 0.5) is 5.69 Å². The van der Waals surface area contributed by atoms with Crippen LogP contribution in [0.3, 0.4) is 0 Å². The van der Waals surface area contributed by atoms with Crippen LogP contribution in [-0.4, -0.2) is 37.1 Å². The Hall–Kier alpha value is -2.72. The number of hydrogen-bond donors (Lipinski definition) is 2. The lowest BCUT2D eigenvalue weighted by molar-refractivity contribution is -0.136. The number of fused-ring (bicyclic) bond motifs is 1. The highest BCUT2D eigenvalue weighted by atomic mass is 32.2. The summed E-state index contributed by atoms with van der Waals surface area (Å²) in [6.45, 7) is 0.189. The minimum atomic E-state index is -3.68. The summed E-state index contributed by atoms with van der Waals surface area (Å²) in [5, 5.41) is 3.92. The number of nitrogens with zero attached hydrogens (tertiary/aromatic N) is 1. The molecule has 10 heteroatoms. The van der Waals surface area contributed by atoms with Crippen molar-refractivity contribution in [3.8, 4) is 0 Å². The summed E-state index contributed by atoms with van der Waals surface area (Å²) in [7, 11) is -3.68. The number of benzene rings is 1. The molecule has 27 heavy (non-hydrogen) atoms. The van der Waals surface area contributed by atoms with Gasteiger partial charge in [-0.3, -0.25) is 24.4 Å². The van der Waals surface area contributed by atoms with Gasteiger partial charge in [-0.15, -0.1) is 11.3 Å². The zero-order valence-electron chi connectivity index (χ0n) is 14.0. The van der Waals surface area contributed by atoms with E-state index >= 15 is 0 Å². The smallest absolute Gasteiger partial charge is 0.271 e. The fourth-order valence-electron chi connectivity index (χ4n) is 3.26. The summed E-state index contributed by atoms with van der Waals surface area (Å²) in [6.07, 6.45) is 0.463. The third kappa shape index (κ3) is 3.21. The van der Waals surface area contributed by atoms with E-state index in [2.05, 4.69) is 10.0 Å². The Morgan fingerprint density at radius 3 is 2.70 bits per heavy atom. The topological polar surface area (TPSA) is 113 Å². The molecule has 2 N–H and O–H groups in total. The van der Waals surface area contributed by atoms with Crippen LogP contribution in [-0.2, 0) is 26.2 Å². The number of carbonyl (C=O) groups is 3. The Balaban J connectivity index is 1.56. The molecule has 1 aromatic heterocycles. The highest BCUT2D eigenvalue weighted by molar-refractivity contribution is 7.94. The maximum Gasteiger partial charge on any atom is 0.271 e. The van der Waals surface area contributed by atoms with Crippen LogP contribution in [0.2, 0.25) is 0 Å². The van der Waals surface area contributed by atoms with E-state index in [0.29, 0.717) is 16.8 Å². The third-order valence-electron chi connectivity index (χ3n) is 4.54. The lowest BCUT2D eigenvalue weighted by Crippen LogP contribution is -2.52. The van der Waals surface area contributed by atoms with E-state index in [1.54, 1.807) is 23.6 Å². The van der Waals surface area contributed by atoms with Crippen molar-refractivity contribution in [2.24, 2.45) is 0 Å². The normalized spacial score (nSPS) is 19.8. The van der Waals surface area contributed by atoms with Crippen molar-refractivity contribution in [2.45, 2.75) is 29.6 Å². The fourth-order valence-corrected chi connectivity index (χ4v) is 5.30. The lowest BCUT2D eigenvalue weighted by Gasteiger charge is -2.29. The van der Waals surface area contributed by atoms with Gasteiger partial charge >= 0.3 is 0 Å². The Bertz CT molecular complexity index is 1050. The number of piperidine rings is 1. The summed E-state index contributed by atoms with van der Waals surface area (Å²) in [4.78, 5) is 37.4. The molecule has 1 atom stereocenters. The molecule has 2 aliphatic rings. The van der Waals surface area contributed by atoms with Crippen LogP contribution in [0.25, 0.3) is 0 Å². The number of nitrogens with one attached hydrogen (secondary N) is 2. The van der Waals surface area contributed by atoms with Crippen LogP contribution >= 0.6 is 11.3 Å². The molecular weight excluding hydrogens is 390 g/mol. The van der Waals surface area contributed by atoms with Gasteiger partial charge in [0.2, 0.25) is 11.8 Å². The molecule has 1 fully saturated rings. The van der Waals surface area contributed by atoms with Gasteiger partial charge in [0.05, 0.1) is 0 Å². The Kier molecular flexibility index (Phi) is 4.23. The zero-order chi connectivity index (χ0) is 19.2. The molecule has 0 radical (unpaired) electrons. The van der Waals surface area contributed by atoms with Crippen LogP contribution in [0.5, 0.6) is 0 Å². The molecule has 0 bridgehead atoms. The predicted octanol–water partition coefficient (Wildman–Crippen LogP) is 1.31. The van der Waals surface area contributed by atoms with E-state index < -0.39 is 22.0 Å². The molecule has 2 aromatic rings. The molecule has 0 aliphatic carbocycles. The van der Waals surface area contributed by atoms with E-state index in [1.165, 1.54) is 17.0 Å². The van der Waals surface area contributed by atoms with Crippen LogP contribution in [0, 0.1) is 0 Å². The lowest BCUT2D eigenvalue weighted by atomic mass is 10.0. The largest absolute Gasteiger partial charge is 0.322 e. The third-order valence-corrected chi connectivity index (χ3v) is 7.31. The van der Waals surface area contributed by atoms with E-state index in [-0.39, 0.29) is 35.4 Å². The number of rotatable bonds is 4. The van der Waals surface area contributed by atoms with E-state index in [0.717, 1.165) is 11.3 Å². The first-order valence-corrected chi connectivity index (χ1v) is 10.6. The number of hydrogen-bond acceptors (Lipinski definition) is 6.